The highest BCUT2D eigenvalue weighted by molar-refractivity contribution is 6.07. The zero-order chi connectivity index (χ0) is 18.8. The van der Waals surface area contributed by atoms with Gasteiger partial charge in [0, 0.05) is 23.5 Å². The molecule has 0 bridgehead atoms. The van der Waals surface area contributed by atoms with Gasteiger partial charge in [-0.1, -0.05) is 48.5 Å². The summed E-state index contributed by atoms with van der Waals surface area (Å²) in [4.78, 5) is 12.3. The van der Waals surface area contributed by atoms with Crippen molar-refractivity contribution in [3.8, 4) is 11.3 Å². The molecule has 1 N–H and O–H groups in total. The van der Waals surface area contributed by atoms with Gasteiger partial charge < -0.3 is 8.98 Å². The first kappa shape index (κ1) is 16.8. The van der Waals surface area contributed by atoms with Crippen molar-refractivity contribution in [2.24, 2.45) is 12.1 Å². The van der Waals surface area contributed by atoms with Crippen LogP contribution >= 0.6 is 0 Å². The van der Waals surface area contributed by atoms with Gasteiger partial charge in [-0.3, -0.25) is 4.79 Å². The van der Waals surface area contributed by atoms with Crippen LogP contribution in [0.5, 0.6) is 0 Å². The third-order valence-corrected chi connectivity index (χ3v) is 4.66. The third kappa shape index (κ3) is 3.04. The van der Waals surface area contributed by atoms with Crippen LogP contribution in [0.3, 0.4) is 0 Å². The van der Waals surface area contributed by atoms with Gasteiger partial charge in [0.15, 0.2) is 0 Å². The summed E-state index contributed by atoms with van der Waals surface area (Å²) in [5.74, 6) is 0.275. The number of aryl methyl sites for hydroxylation is 2. The van der Waals surface area contributed by atoms with E-state index in [4.69, 9.17) is 4.42 Å². The highest BCUT2D eigenvalue weighted by Gasteiger charge is 2.15. The molecule has 27 heavy (non-hydrogen) atoms. The van der Waals surface area contributed by atoms with Gasteiger partial charge in [0.1, 0.15) is 5.76 Å². The Morgan fingerprint density at radius 3 is 2.56 bits per heavy atom. The number of rotatable bonds is 4. The summed E-state index contributed by atoms with van der Waals surface area (Å²) in [5.41, 5.74) is 7.28. The zero-order valence-corrected chi connectivity index (χ0v) is 15.1. The van der Waals surface area contributed by atoms with Crippen molar-refractivity contribution in [1.29, 1.82) is 0 Å². The number of benzene rings is 2. The van der Waals surface area contributed by atoms with Gasteiger partial charge in [0.05, 0.1) is 23.7 Å². The lowest BCUT2D eigenvalue weighted by Gasteiger charge is -2.06. The first-order valence-corrected chi connectivity index (χ1v) is 8.67. The van der Waals surface area contributed by atoms with Crippen LogP contribution in [0.25, 0.3) is 22.2 Å². The fourth-order valence-electron chi connectivity index (χ4n) is 3.33. The van der Waals surface area contributed by atoms with E-state index >= 15 is 0 Å². The van der Waals surface area contributed by atoms with Crippen molar-refractivity contribution in [2.75, 3.05) is 0 Å². The second-order valence-electron chi connectivity index (χ2n) is 6.29. The first-order valence-electron chi connectivity index (χ1n) is 8.67. The minimum absolute atomic E-state index is 0.293. The number of carbonyl (C=O) groups excluding carboxylic acids is 1. The molecule has 0 spiro atoms. The Bertz CT molecular complexity index is 1140. The molecule has 4 rings (SSSR count). The van der Waals surface area contributed by atoms with E-state index < -0.39 is 0 Å². The number of nitrogens with one attached hydrogen (secondary N) is 1. The maximum atomic E-state index is 12.3. The molecule has 0 aliphatic carbocycles. The largest absolute Gasteiger partial charge is 0.469 e. The van der Waals surface area contributed by atoms with Crippen LogP contribution in [0.2, 0.25) is 0 Å². The fraction of sp³-hybridized carbons (Fsp3) is 0.0909. The summed E-state index contributed by atoms with van der Waals surface area (Å²) in [6.45, 7) is 1.75. The molecule has 0 aliphatic rings. The van der Waals surface area contributed by atoms with Crippen molar-refractivity contribution in [3.63, 3.8) is 0 Å². The monoisotopic (exact) mass is 357 g/mol. The normalized spacial score (nSPS) is 11.3. The van der Waals surface area contributed by atoms with Gasteiger partial charge in [-0.25, -0.2) is 5.43 Å². The molecule has 2 aromatic carbocycles. The first-order chi connectivity index (χ1) is 13.2. The number of fused-ring (bicyclic) bond motifs is 1. The summed E-state index contributed by atoms with van der Waals surface area (Å²) in [7, 11) is 2.04. The molecule has 0 unspecified atom stereocenters. The minimum Gasteiger partial charge on any atom is -0.469 e. The molecule has 5 nitrogen and oxygen atoms in total. The molecule has 0 radical (unpaired) electrons. The third-order valence-electron chi connectivity index (χ3n) is 4.66. The van der Waals surface area contributed by atoms with Gasteiger partial charge >= 0.3 is 0 Å². The fourth-order valence-corrected chi connectivity index (χ4v) is 3.33. The van der Waals surface area contributed by atoms with Crippen LogP contribution in [0.4, 0.5) is 0 Å². The quantitative estimate of drug-likeness (QED) is 0.431. The summed E-state index contributed by atoms with van der Waals surface area (Å²) >= 11 is 0. The maximum absolute atomic E-state index is 12.3. The van der Waals surface area contributed by atoms with Crippen LogP contribution in [0.1, 0.15) is 21.7 Å². The van der Waals surface area contributed by atoms with Crippen molar-refractivity contribution in [3.05, 3.63) is 83.8 Å². The molecular formula is C22H19N3O2. The maximum Gasteiger partial charge on any atom is 0.274 e. The number of nitrogens with zero attached hydrogens (tertiary/aromatic N) is 2. The Hall–Kier alpha value is -3.60. The van der Waals surface area contributed by atoms with Crippen LogP contribution in [0.15, 0.2) is 76.4 Å². The predicted molar refractivity (Wildman–Crippen MR) is 107 cm³/mol. The lowest BCUT2D eigenvalue weighted by molar-refractivity contribution is 0.0953. The predicted octanol–water partition coefficient (Wildman–Crippen LogP) is 4.51. The van der Waals surface area contributed by atoms with Crippen LogP contribution in [-0.2, 0) is 7.05 Å². The number of hydrogen-bond acceptors (Lipinski definition) is 3. The van der Waals surface area contributed by atoms with E-state index in [-0.39, 0.29) is 5.91 Å². The van der Waals surface area contributed by atoms with Gasteiger partial charge in [-0.05, 0) is 24.6 Å². The Morgan fingerprint density at radius 1 is 1.07 bits per heavy atom. The molecule has 2 heterocycles. The zero-order valence-electron chi connectivity index (χ0n) is 15.1. The number of hydrazone groups is 1. The SMILES string of the molecule is Cc1occc1C(=O)N/N=C\c1c(-c2ccccc2)n(C)c2ccccc12. The number of amides is 1. The highest BCUT2D eigenvalue weighted by Crippen LogP contribution is 2.31. The Kier molecular flexibility index (Phi) is 4.34. The van der Waals surface area contributed by atoms with Crippen molar-refractivity contribution in [2.45, 2.75) is 6.92 Å². The van der Waals surface area contributed by atoms with Crippen LogP contribution < -0.4 is 5.43 Å². The number of hydrogen-bond donors (Lipinski definition) is 1. The lowest BCUT2D eigenvalue weighted by atomic mass is 10.1. The number of furan rings is 1. The van der Waals surface area contributed by atoms with Crippen LogP contribution in [-0.4, -0.2) is 16.7 Å². The number of aromatic nitrogens is 1. The standard InChI is InChI=1S/C22H19N3O2/c1-15-17(12-13-27-15)22(26)24-23-14-19-18-10-6-7-11-20(18)25(2)21(19)16-8-4-3-5-9-16/h3-14H,1-2H3,(H,24,26)/b23-14-. The topological polar surface area (TPSA) is 59.5 Å². The summed E-state index contributed by atoms with van der Waals surface area (Å²) in [6.07, 6.45) is 3.20. The van der Waals surface area contributed by atoms with Crippen molar-refractivity contribution < 1.29 is 9.21 Å². The molecule has 0 fully saturated rings. The molecule has 0 aliphatic heterocycles. The molecule has 0 saturated heterocycles. The van der Waals surface area contributed by atoms with Gasteiger partial charge in [0.2, 0.25) is 0 Å². The summed E-state index contributed by atoms with van der Waals surface area (Å²) in [5, 5.41) is 5.29. The molecular weight excluding hydrogens is 338 g/mol. The highest BCUT2D eigenvalue weighted by atomic mass is 16.3. The van der Waals surface area contributed by atoms with Gasteiger partial charge in [0.25, 0.3) is 5.91 Å². The Morgan fingerprint density at radius 2 is 1.81 bits per heavy atom. The average molecular weight is 357 g/mol. The molecule has 2 aromatic heterocycles. The van der Waals surface area contributed by atoms with E-state index in [1.54, 1.807) is 19.2 Å². The van der Waals surface area contributed by atoms with E-state index in [0.29, 0.717) is 11.3 Å². The minimum atomic E-state index is -0.293. The van der Waals surface area contributed by atoms with Crippen molar-refractivity contribution >= 4 is 23.0 Å². The average Bonchev–Trinajstić information content (AvgIpc) is 3.24. The Balaban J connectivity index is 1.74. The Labute approximate surface area is 156 Å². The molecule has 0 atom stereocenters. The second kappa shape index (κ2) is 6.96. The molecule has 4 aromatic rings. The molecule has 134 valence electrons. The van der Waals surface area contributed by atoms with Crippen LogP contribution in [0, 0.1) is 6.92 Å². The van der Waals surface area contributed by atoms with Crippen molar-refractivity contribution in [1.82, 2.24) is 9.99 Å². The molecule has 0 saturated carbocycles. The summed E-state index contributed by atoms with van der Waals surface area (Å²) < 4.78 is 7.32. The van der Waals surface area contributed by atoms with Gasteiger partial charge in [-0.15, -0.1) is 0 Å². The van der Waals surface area contributed by atoms with E-state index in [9.17, 15) is 4.79 Å². The van der Waals surface area contributed by atoms with E-state index in [1.807, 2.05) is 37.4 Å². The smallest absolute Gasteiger partial charge is 0.274 e. The number of carbonyl (C=O) groups is 1. The summed E-state index contributed by atoms with van der Waals surface area (Å²) in [6, 6.07) is 19.9. The molecule has 1 amide bonds. The number of para-hydroxylation sites is 1. The van der Waals surface area contributed by atoms with E-state index in [2.05, 4.69) is 39.4 Å². The van der Waals surface area contributed by atoms with E-state index in [1.165, 1.54) is 6.26 Å². The van der Waals surface area contributed by atoms with E-state index in [0.717, 1.165) is 27.7 Å². The van der Waals surface area contributed by atoms with Gasteiger partial charge in [-0.2, -0.15) is 5.10 Å². The lowest BCUT2D eigenvalue weighted by Crippen LogP contribution is -2.17. The second-order valence-corrected chi connectivity index (χ2v) is 6.29. The molecule has 5 heteroatoms.